The topological polar surface area (TPSA) is 98.7 Å². The molecule has 1 unspecified atom stereocenters. The standard InChI is InChI=1S/C12H24N2O4/c1-3-9(4-2)10(15)8-14-12(18)13-7-5-6-11(16)17/h9-10,15H,3-8H2,1-2H3,(H,16,17)(H2,13,14,18). The summed E-state index contributed by atoms with van der Waals surface area (Å²) >= 11 is 0. The second-order valence-electron chi connectivity index (χ2n) is 4.28. The maximum atomic E-state index is 11.3. The van der Waals surface area contributed by atoms with Crippen LogP contribution in [-0.4, -0.2) is 41.4 Å². The number of aliphatic carboxylic acids is 1. The van der Waals surface area contributed by atoms with Gasteiger partial charge in [0.1, 0.15) is 0 Å². The van der Waals surface area contributed by atoms with Gasteiger partial charge < -0.3 is 20.8 Å². The normalized spacial score (nSPS) is 12.2. The highest BCUT2D eigenvalue weighted by Crippen LogP contribution is 2.11. The van der Waals surface area contributed by atoms with Gasteiger partial charge in [-0.15, -0.1) is 0 Å². The van der Waals surface area contributed by atoms with Gasteiger partial charge in [0.25, 0.3) is 0 Å². The summed E-state index contributed by atoms with van der Waals surface area (Å²) in [4.78, 5) is 21.5. The zero-order valence-corrected chi connectivity index (χ0v) is 11.1. The number of nitrogens with one attached hydrogen (secondary N) is 2. The number of carbonyl (C=O) groups excluding carboxylic acids is 1. The molecule has 0 heterocycles. The molecule has 0 aliphatic rings. The van der Waals surface area contributed by atoms with Crippen LogP contribution in [0.25, 0.3) is 0 Å². The fraction of sp³-hybridized carbons (Fsp3) is 0.833. The number of rotatable bonds is 9. The van der Waals surface area contributed by atoms with E-state index in [0.29, 0.717) is 13.0 Å². The molecule has 18 heavy (non-hydrogen) atoms. The second kappa shape index (κ2) is 9.70. The molecule has 0 rings (SSSR count). The third-order valence-electron chi connectivity index (χ3n) is 2.92. The van der Waals surface area contributed by atoms with Gasteiger partial charge in [0.15, 0.2) is 0 Å². The number of hydrogen-bond donors (Lipinski definition) is 4. The monoisotopic (exact) mass is 260 g/mol. The van der Waals surface area contributed by atoms with Crippen molar-refractivity contribution in [3.05, 3.63) is 0 Å². The van der Waals surface area contributed by atoms with Crippen molar-refractivity contribution >= 4 is 12.0 Å². The van der Waals surface area contributed by atoms with E-state index in [0.717, 1.165) is 12.8 Å². The van der Waals surface area contributed by atoms with Crippen LogP contribution >= 0.6 is 0 Å². The SMILES string of the molecule is CCC(CC)C(O)CNC(=O)NCCCC(=O)O. The van der Waals surface area contributed by atoms with Gasteiger partial charge >= 0.3 is 12.0 Å². The Morgan fingerprint density at radius 2 is 1.78 bits per heavy atom. The van der Waals surface area contributed by atoms with Crippen molar-refractivity contribution in [1.82, 2.24) is 10.6 Å². The predicted molar refractivity (Wildman–Crippen MR) is 68.4 cm³/mol. The first kappa shape index (κ1) is 16.7. The molecule has 6 heteroatoms. The van der Waals surface area contributed by atoms with Gasteiger partial charge in [-0.3, -0.25) is 4.79 Å². The Morgan fingerprint density at radius 1 is 1.17 bits per heavy atom. The molecule has 0 saturated heterocycles. The lowest BCUT2D eigenvalue weighted by Gasteiger charge is -2.20. The summed E-state index contributed by atoms with van der Waals surface area (Å²) in [5, 5.41) is 23.3. The molecule has 2 amide bonds. The maximum absolute atomic E-state index is 11.3. The van der Waals surface area contributed by atoms with Crippen molar-refractivity contribution in [3.8, 4) is 0 Å². The van der Waals surface area contributed by atoms with Gasteiger partial charge in [0, 0.05) is 19.5 Å². The van der Waals surface area contributed by atoms with E-state index in [2.05, 4.69) is 10.6 Å². The minimum absolute atomic E-state index is 0.0383. The molecule has 4 N–H and O–H groups in total. The van der Waals surface area contributed by atoms with E-state index in [1.807, 2.05) is 13.8 Å². The van der Waals surface area contributed by atoms with Gasteiger partial charge in [-0.05, 0) is 12.3 Å². The first-order valence-electron chi connectivity index (χ1n) is 6.42. The van der Waals surface area contributed by atoms with Gasteiger partial charge in [0.2, 0.25) is 0 Å². The molecule has 0 aromatic rings. The molecule has 106 valence electrons. The van der Waals surface area contributed by atoms with Crippen LogP contribution in [0, 0.1) is 5.92 Å². The lowest BCUT2D eigenvalue weighted by Crippen LogP contribution is -2.42. The zero-order chi connectivity index (χ0) is 14.0. The summed E-state index contributed by atoms with van der Waals surface area (Å²) in [6.45, 7) is 4.54. The molecular formula is C12H24N2O4. The third kappa shape index (κ3) is 7.89. The Kier molecular flexibility index (Phi) is 9.00. The molecule has 1 atom stereocenters. The molecule has 0 bridgehead atoms. The second-order valence-corrected chi connectivity index (χ2v) is 4.28. The highest BCUT2D eigenvalue weighted by atomic mass is 16.4. The van der Waals surface area contributed by atoms with E-state index in [-0.39, 0.29) is 24.9 Å². The molecule has 0 radical (unpaired) electrons. The molecule has 0 aromatic carbocycles. The van der Waals surface area contributed by atoms with E-state index in [9.17, 15) is 14.7 Å². The molecule has 0 aromatic heterocycles. The largest absolute Gasteiger partial charge is 0.481 e. The van der Waals surface area contributed by atoms with Crippen molar-refractivity contribution < 1.29 is 19.8 Å². The van der Waals surface area contributed by atoms with Crippen LogP contribution < -0.4 is 10.6 Å². The molecule has 0 aliphatic carbocycles. The van der Waals surface area contributed by atoms with Gasteiger partial charge in [-0.25, -0.2) is 4.79 Å². The number of urea groups is 1. The van der Waals surface area contributed by atoms with Gasteiger partial charge in [-0.2, -0.15) is 0 Å². The Morgan fingerprint density at radius 3 is 2.28 bits per heavy atom. The molecular weight excluding hydrogens is 236 g/mol. The first-order chi connectivity index (χ1) is 8.51. The zero-order valence-electron chi connectivity index (χ0n) is 11.1. The van der Waals surface area contributed by atoms with Crippen LogP contribution in [0.5, 0.6) is 0 Å². The highest BCUT2D eigenvalue weighted by Gasteiger charge is 2.15. The summed E-state index contributed by atoms with van der Waals surface area (Å²) in [6.07, 6.45) is 1.65. The molecule has 0 fully saturated rings. The van der Waals surface area contributed by atoms with Crippen LogP contribution in [0.15, 0.2) is 0 Å². The van der Waals surface area contributed by atoms with Gasteiger partial charge in [-0.1, -0.05) is 26.7 Å². The number of aliphatic hydroxyl groups excluding tert-OH is 1. The van der Waals surface area contributed by atoms with Crippen LogP contribution in [0.1, 0.15) is 39.5 Å². The maximum Gasteiger partial charge on any atom is 0.314 e. The fourth-order valence-corrected chi connectivity index (χ4v) is 1.70. The smallest absolute Gasteiger partial charge is 0.314 e. The quantitative estimate of drug-likeness (QED) is 0.464. The van der Waals surface area contributed by atoms with E-state index in [1.54, 1.807) is 0 Å². The highest BCUT2D eigenvalue weighted by molar-refractivity contribution is 5.73. The van der Waals surface area contributed by atoms with E-state index < -0.39 is 12.1 Å². The van der Waals surface area contributed by atoms with E-state index in [1.165, 1.54) is 0 Å². The minimum Gasteiger partial charge on any atom is -0.481 e. The number of carbonyl (C=O) groups is 2. The number of carboxylic acid groups (broad SMARTS) is 1. The first-order valence-corrected chi connectivity index (χ1v) is 6.42. The summed E-state index contributed by atoms with van der Waals surface area (Å²) < 4.78 is 0. The van der Waals surface area contributed by atoms with Crippen LogP contribution in [-0.2, 0) is 4.79 Å². The van der Waals surface area contributed by atoms with Crippen LogP contribution in [0.3, 0.4) is 0 Å². The summed E-state index contributed by atoms with van der Waals surface area (Å²) in [6, 6.07) is -0.370. The summed E-state index contributed by atoms with van der Waals surface area (Å²) in [5.74, 6) is -0.682. The van der Waals surface area contributed by atoms with Crippen molar-refractivity contribution in [2.24, 2.45) is 5.92 Å². The number of hydrogen-bond acceptors (Lipinski definition) is 3. The fourth-order valence-electron chi connectivity index (χ4n) is 1.70. The molecule has 0 aliphatic heterocycles. The third-order valence-corrected chi connectivity index (χ3v) is 2.92. The summed E-state index contributed by atoms with van der Waals surface area (Å²) in [7, 11) is 0. The van der Waals surface area contributed by atoms with Crippen molar-refractivity contribution in [1.29, 1.82) is 0 Å². The van der Waals surface area contributed by atoms with Crippen molar-refractivity contribution in [2.45, 2.75) is 45.6 Å². The average molecular weight is 260 g/mol. The van der Waals surface area contributed by atoms with Crippen LogP contribution in [0.2, 0.25) is 0 Å². The molecule has 6 nitrogen and oxygen atoms in total. The Bertz CT molecular complexity index is 254. The van der Waals surface area contributed by atoms with Crippen molar-refractivity contribution in [2.75, 3.05) is 13.1 Å². The van der Waals surface area contributed by atoms with Crippen molar-refractivity contribution in [3.63, 3.8) is 0 Å². The van der Waals surface area contributed by atoms with E-state index >= 15 is 0 Å². The number of carboxylic acids is 1. The summed E-state index contributed by atoms with van der Waals surface area (Å²) in [5.41, 5.74) is 0. The Balaban J connectivity index is 3.66. The Hall–Kier alpha value is -1.30. The lowest BCUT2D eigenvalue weighted by molar-refractivity contribution is -0.137. The molecule has 0 saturated carbocycles. The minimum atomic E-state index is -0.874. The average Bonchev–Trinajstić information content (AvgIpc) is 2.33. The number of aliphatic hydroxyl groups is 1. The Labute approximate surface area is 108 Å². The number of amides is 2. The molecule has 0 spiro atoms. The predicted octanol–water partition coefficient (Wildman–Crippen LogP) is 0.947. The van der Waals surface area contributed by atoms with Gasteiger partial charge in [0.05, 0.1) is 6.10 Å². The lowest BCUT2D eigenvalue weighted by atomic mass is 9.97. The van der Waals surface area contributed by atoms with E-state index in [4.69, 9.17) is 5.11 Å². The van der Waals surface area contributed by atoms with Crippen LogP contribution in [0.4, 0.5) is 4.79 Å².